The van der Waals surface area contributed by atoms with Gasteiger partial charge in [-0.25, -0.2) is 4.39 Å². The summed E-state index contributed by atoms with van der Waals surface area (Å²) in [6.45, 7) is 4.17. The van der Waals surface area contributed by atoms with Gasteiger partial charge in [0.2, 0.25) is 5.91 Å². The van der Waals surface area contributed by atoms with Crippen molar-refractivity contribution in [1.29, 1.82) is 0 Å². The summed E-state index contributed by atoms with van der Waals surface area (Å²) in [6, 6.07) is 5.90. The van der Waals surface area contributed by atoms with Crippen molar-refractivity contribution >= 4 is 5.91 Å². The fraction of sp³-hybridized carbons (Fsp3) is 0.500. The number of amides is 1. The summed E-state index contributed by atoms with van der Waals surface area (Å²) in [6.07, 6.45) is 0.415. The second-order valence-corrected chi connectivity index (χ2v) is 4.44. The van der Waals surface area contributed by atoms with Crippen LogP contribution in [-0.2, 0) is 9.53 Å². The normalized spacial score (nSPS) is 15.2. The van der Waals surface area contributed by atoms with E-state index in [0.717, 1.165) is 0 Å². The van der Waals surface area contributed by atoms with Crippen molar-refractivity contribution in [1.82, 2.24) is 4.90 Å². The molecule has 1 amide bonds. The van der Waals surface area contributed by atoms with Gasteiger partial charge < -0.3 is 14.4 Å². The summed E-state index contributed by atoms with van der Waals surface area (Å²) in [7, 11) is 0. The van der Waals surface area contributed by atoms with E-state index >= 15 is 0 Å². The molecule has 4 nitrogen and oxygen atoms in total. The van der Waals surface area contributed by atoms with Crippen LogP contribution in [0.4, 0.5) is 4.39 Å². The van der Waals surface area contributed by atoms with Gasteiger partial charge >= 0.3 is 0 Å². The molecule has 5 heteroatoms. The Morgan fingerprint density at radius 3 is 2.68 bits per heavy atom. The van der Waals surface area contributed by atoms with Gasteiger partial charge in [0.05, 0.1) is 26.1 Å². The van der Waals surface area contributed by atoms with Gasteiger partial charge in [0.15, 0.2) is 0 Å². The quantitative estimate of drug-likeness (QED) is 0.738. The van der Waals surface area contributed by atoms with E-state index in [1.54, 1.807) is 17.0 Å². The highest BCUT2D eigenvalue weighted by atomic mass is 19.1. The van der Waals surface area contributed by atoms with E-state index in [4.69, 9.17) is 9.47 Å². The molecule has 1 aromatic rings. The van der Waals surface area contributed by atoms with E-state index in [2.05, 4.69) is 0 Å². The van der Waals surface area contributed by atoms with Crippen LogP contribution in [0.25, 0.3) is 0 Å². The third-order valence-electron chi connectivity index (χ3n) is 2.98. The van der Waals surface area contributed by atoms with Gasteiger partial charge in [-0.2, -0.15) is 0 Å². The number of nitrogens with zero attached hydrogens (tertiary/aromatic N) is 1. The third-order valence-corrected chi connectivity index (χ3v) is 2.98. The molecular formula is C14H18FNO3. The van der Waals surface area contributed by atoms with Crippen molar-refractivity contribution in [2.75, 3.05) is 26.3 Å². The number of hydrogen-bond acceptors (Lipinski definition) is 3. The smallest absolute Gasteiger partial charge is 0.225 e. The maximum atomic E-state index is 12.7. The Morgan fingerprint density at radius 2 is 2.05 bits per heavy atom. The SMILES string of the molecule is CCOCCC(=O)N1CC(Oc2ccc(F)cc2)C1. The van der Waals surface area contributed by atoms with Gasteiger partial charge in [-0.05, 0) is 31.2 Å². The average molecular weight is 267 g/mol. The van der Waals surface area contributed by atoms with Crippen molar-refractivity contribution in [2.24, 2.45) is 0 Å². The number of ether oxygens (including phenoxy) is 2. The fourth-order valence-electron chi connectivity index (χ4n) is 1.88. The Kier molecular flexibility index (Phi) is 4.74. The van der Waals surface area contributed by atoms with Crippen molar-refractivity contribution in [3.05, 3.63) is 30.1 Å². The maximum Gasteiger partial charge on any atom is 0.225 e. The minimum Gasteiger partial charge on any atom is -0.487 e. The lowest BCUT2D eigenvalue weighted by Gasteiger charge is -2.39. The molecule has 0 aliphatic carbocycles. The zero-order chi connectivity index (χ0) is 13.7. The molecule has 1 saturated heterocycles. The Balaban J connectivity index is 1.68. The molecule has 0 radical (unpaired) electrons. The Bertz CT molecular complexity index is 415. The monoisotopic (exact) mass is 267 g/mol. The summed E-state index contributed by atoms with van der Waals surface area (Å²) >= 11 is 0. The highest BCUT2D eigenvalue weighted by Gasteiger charge is 2.31. The van der Waals surface area contributed by atoms with Crippen molar-refractivity contribution in [3.63, 3.8) is 0 Å². The zero-order valence-corrected chi connectivity index (χ0v) is 11.0. The van der Waals surface area contributed by atoms with E-state index in [9.17, 15) is 9.18 Å². The van der Waals surface area contributed by atoms with Crippen LogP contribution in [0.1, 0.15) is 13.3 Å². The van der Waals surface area contributed by atoms with E-state index < -0.39 is 0 Å². The number of rotatable bonds is 6. The van der Waals surface area contributed by atoms with Crippen molar-refractivity contribution < 1.29 is 18.7 Å². The summed E-state index contributed by atoms with van der Waals surface area (Å²) in [5.74, 6) is 0.439. The van der Waals surface area contributed by atoms with Gasteiger partial charge in [0.1, 0.15) is 17.7 Å². The van der Waals surface area contributed by atoms with E-state index in [1.165, 1.54) is 12.1 Å². The maximum absolute atomic E-state index is 12.7. The van der Waals surface area contributed by atoms with Crippen LogP contribution in [0.5, 0.6) is 5.75 Å². The van der Waals surface area contributed by atoms with Crippen molar-refractivity contribution in [3.8, 4) is 5.75 Å². The second-order valence-electron chi connectivity index (χ2n) is 4.44. The number of benzene rings is 1. The van der Waals surface area contributed by atoms with Crippen LogP contribution in [0, 0.1) is 5.82 Å². The largest absolute Gasteiger partial charge is 0.487 e. The highest BCUT2D eigenvalue weighted by Crippen LogP contribution is 2.18. The molecule has 0 bridgehead atoms. The Hall–Kier alpha value is -1.62. The molecule has 2 rings (SSSR count). The topological polar surface area (TPSA) is 38.8 Å². The van der Waals surface area contributed by atoms with E-state index in [0.29, 0.717) is 38.5 Å². The van der Waals surface area contributed by atoms with Crippen LogP contribution in [0.15, 0.2) is 24.3 Å². The molecule has 0 N–H and O–H groups in total. The standard InChI is InChI=1S/C14H18FNO3/c1-2-18-8-7-14(17)16-9-13(10-16)19-12-5-3-11(15)4-6-12/h3-6,13H,2,7-10H2,1H3. The number of carbonyl (C=O) groups is 1. The average Bonchev–Trinajstić information content (AvgIpc) is 2.35. The molecule has 0 aromatic heterocycles. The summed E-state index contributed by atoms with van der Waals surface area (Å²) in [5.41, 5.74) is 0. The lowest BCUT2D eigenvalue weighted by atomic mass is 10.1. The third kappa shape index (κ3) is 3.92. The summed E-state index contributed by atoms with van der Waals surface area (Å²) in [4.78, 5) is 13.4. The first-order valence-electron chi connectivity index (χ1n) is 6.46. The molecule has 19 heavy (non-hydrogen) atoms. The van der Waals surface area contributed by atoms with Gasteiger partial charge in [-0.3, -0.25) is 4.79 Å². The first kappa shape index (κ1) is 13.8. The predicted molar refractivity (Wildman–Crippen MR) is 68.5 cm³/mol. The molecule has 0 unspecified atom stereocenters. The Morgan fingerprint density at radius 1 is 1.37 bits per heavy atom. The molecule has 1 aliphatic rings. The summed E-state index contributed by atoms with van der Waals surface area (Å²) in [5, 5.41) is 0. The number of halogens is 1. The van der Waals surface area contributed by atoms with Gasteiger partial charge in [0, 0.05) is 6.61 Å². The van der Waals surface area contributed by atoms with Gasteiger partial charge in [-0.15, -0.1) is 0 Å². The molecule has 1 aromatic carbocycles. The van der Waals surface area contributed by atoms with Crippen LogP contribution < -0.4 is 4.74 Å². The number of likely N-dealkylation sites (tertiary alicyclic amines) is 1. The highest BCUT2D eigenvalue weighted by molar-refractivity contribution is 5.77. The molecule has 0 spiro atoms. The Labute approximate surface area is 112 Å². The minimum atomic E-state index is -0.284. The lowest BCUT2D eigenvalue weighted by Crippen LogP contribution is -2.56. The first-order chi connectivity index (χ1) is 9.19. The van der Waals surface area contributed by atoms with E-state index in [1.807, 2.05) is 6.92 Å². The van der Waals surface area contributed by atoms with Crippen molar-refractivity contribution in [2.45, 2.75) is 19.4 Å². The van der Waals surface area contributed by atoms with Crippen LogP contribution in [0.3, 0.4) is 0 Å². The van der Waals surface area contributed by atoms with Gasteiger partial charge in [0.25, 0.3) is 0 Å². The lowest BCUT2D eigenvalue weighted by molar-refractivity contribution is -0.141. The second kappa shape index (κ2) is 6.52. The molecular weight excluding hydrogens is 249 g/mol. The van der Waals surface area contributed by atoms with Crippen LogP contribution >= 0.6 is 0 Å². The molecule has 104 valence electrons. The van der Waals surface area contributed by atoms with E-state index in [-0.39, 0.29) is 17.8 Å². The molecule has 1 heterocycles. The number of hydrogen-bond donors (Lipinski definition) is 0. The minimum absolute atomic E-state index is 0.00139. The van der Waals surface area contributed by atoms with Gasteiger partial charge in [-0.1, -0.05) is 0 Å². The zero-order valence-electron chi connectivity index (χ0n) is 11.0. The van der Waals surface area contributed by atoms with Crippen LogP contribution in [-0.4, -0.2) is 43.2 Å². The predicted octanol–water partition coefficient (Wildman–Crippen LogP) is 1.84. The molecule has 1 fully saturated rings. The molecule has 0 saturated carbocycles. The summed E-state index contributed by atoms with van der Waals surface area (Å²) < 4.78 is 23.5. The molecule has 0 atom stereocenters. The number of carbonyl (C=O) groups excluding carboxylic acids is 1. The van der Waals surface area contributed by atoms with Crippen LogP contribution in [0.2, 0.25) is 0 Å². The molecule has 1 aliphatic heterocycles. The fourth-order valence-corrected chi connectivity index (χ4v) is 1.88. The first-order valence-corrected chi connectivity index (χ1v) is 6.46.